The Balaban J connectivity index is 1.71. The molecule has 0 heterocycles. The SMILES string of the molecule is C=C1CC[C@@](O)(F)CC1=CC=C1CCC[C@@]2(C)C1CC[C@@H]2[C@H](C)CCCC(C)C. The van der Waals surface area contributed by atoms with Crippen LogP contribution in [0.15, 0.2) is 35.5 Å². The van der Waals surface area contributed by atoms with Crippen LogP contribution in [0, 0.1) is 29.1 Å². The first-order valence-corrected chi connectivity index (χ1v) is 12.1. The molecule has 164 valence electrons. The smallest absolute Gasteiger partial charge is 0.211 e. The van der Waals surface area contributed by atoms with Crippen molar-refractivity contribution in [3.05, 3.63) is 35.5 Å². The van der Waals surface area contributed by atoms with E-state index in [-0.39, 0.29) is 12.8 Å². The maximum atomic E-state index is 14.1. The van der Waals surface area contributed by atoms with Crippen LogP contribution in [0.5, 0.6) is 0 Å². The van der Waals surface area contributed by atoms with Crippen LogP contribution in [0.2, 0.25) is 0 Å². The zero-order chi connectivity index (χ0) is 21.2. The van der Waals surface area contributed by atoms with Gasteiger partial charge >= 0.3 is 0 Å². The molecule has 2 heteroatoms. The van der Waals surface area contributed by atoms with Gasteiger partial charge in [0.2, 0.25) is 5.85 Å². The summed E-state index contributed by atoms with van der Waals surface area (Å²) in [5.74, 6) is 1.06. The van der Waals surface area contributed by atoms with Crippen molar-refractivity contribution in [3.63, 3.8) is 0 Å². The Morgan fingerprint density at radius 2 is 1.90 bits per heavy atom. The summed E-state index contributed by atoms with van der Waals surface area (Å²) in [4.78, 5) is 0. The molecule has 0 aliphatic heterocycles. The highest BCUT2D eigenvalue weighted by Crippen LogP contribution is 2.60. The minimum atomic E-state index is -2.06. The lowest BCUT2D eigenvalue weighted by atomic mass is 9.60. The molecule has 0 saturated heterocycles. The van der Waals surface area contributed by atoms with Gasteiger partial charge in [0.25, 0.3) is 0 Å². The molecule has 3 rings (SSSR count). The van der Waals surface area contributed by atoms with E-state index in [1.54, 1.807) is 5.57 Å². The Labute approximate surface area is 178 Å². The lowest BCUT2D eigenvalue weighted by Gasteiger charge is -2.44. The molecule has 3 saturated carbocycles. The average molecular weight is 403 g/mol. The lowest BCUT2D eigenvalue weighted by Crippen LogP contribution is -2.36. The Morgan fingerprint density at radius 1 is 1.14 bits per heavy atom. The van der Waals surface area contributed by atoms with Crippen molar-refractivity contribution in [2.45, 2.75) is 104 Å². The first-order chi connectivity index (χ1) is 13.6. The van der Waals surface area contributed by atoms with Crippen molar-refractivity contribution >= 4 is 0 Å². The Kier molecular flexibility index (Phi) is 7.14. The number of hydrogen-bond acceptors (Lipinski definition) is 1. The maximum absolute atomic E-state index is 14.1. The molecule has 5 atom stereocenters. The fourth-order valence-electron chi connectivity index (χ4n) is 6.66. The summed E-state index contributed by atoms with van der Waals surface area (Å²) in [6.45, 7) is 13.8. The molecule has 0 bridgehead atoms. The molecule has 0 aromatic heterocycles. The number of rotatable bonds is 6. The fourth-order valence-corrected chi connectivity index (χ4v) is 6.66. The van der Waals surface area contributed by atoms with Crippen LogP contribution in [-0.2, 0) is 0 Å². The zero-order valence-corrected chi connectivity index (χ0v) is 19.3. The number of aliphatic hydroxyl groups is 1. The van der Waals surface area contributed by atoms with E-state index in [9.17, 15) is 9.50 Å². The van der Waals surface area contributed by atoms with Crippen molar-refractivity contribution in [2.24, 2.45) is 29.1 Å². The van der Waals surface area contributed by atoms with Gasteiger partial charge in [-0.05, 0) is 73.2 Å². The Bertz CT molecular complexity index is 655. The highest BCUT2D eigenvalue weighted by molar-refractivity contribution is 5.36. The average Bonchev–Trinajstić information content (AvgIpc) is 2.99. The third kappa shape index (κ3) is 5.24. The molecule has 1 N–H and O–H groups in total. The number of halogens is 1. The summed E-state index contributed by atoms with van der Waals surface area (Å²) >= 11 is 0. The second-order valence-electron chi connectivity index (χ2n) is 11.0. The minimum absolute atomic E-state index is 0.0903. The van der Waals surface area contributed by atoms with E-state index in [2.05, 4.69) is 46.4 Å². The quantitative estimate of drug-likeness (QED) is 0.478. The van der Waals surface area contributed by atoms with Crippen molar-refractivity contribution in [1.29, 1.82) is 0 Å². The minimum Gasteiger partial charge on any atom is -0.361 e. The summed E-state index contributed by atoms with van der Waals surface area (Å²) in [7, 11) is 0. The fraction of sp³-hybridized carbons (Fsp3) is 0.778. The first kappa shape index (κ1) is 22.8. The van der Waals surface area contributed by atoms with Crippen LogP contribution in [0.4, 0.5) is 4.39 Å². The normalized spacial score (nSPS) is 39.3. The second kappa shape index (κ2) is 9.08. The van der Waals surface area contributed by atoms with Gasteiger partial charge in [-0.15, -0.1) is 0 Å². The molecule has 3 aliphatic carbocycles. The molecule has 29 heavy (non-hydrogen) atoms. The molecular formula is C27H43FO. The summed E-state index contributed by atoms with van der Waals surface area (Å²) in [6.07, 6.45) is 15.7. The Morgan fingerprint density at radius 3 is 2.62 bits per heavy atom. The number of fused-ring (bicyclic) bond motifs is 1. The van der Waals surface area contributed by atoms with Crippen molar-refractivity contribution in [1.82, 2.24) is 0 Å². The number of allylic oxidation sites excluding steroid dienone is 4. The van der Waals surface area contributed by atoms with Gasteiger partial charge in [0.1, 0.15) is 0 Å². The predicted octanol–water partition coefficient (Wildman–Crippen LogP) is 7.92. The van der Waals surface area contributed by atoms with Gasteiger partial charge < -0.3 is 5.11 Å². The summed E-state index contributed by atoms with van der Waals surface area (Å²) < 4.78 is 14.1. The van der Waals surface area contributed by atoms with Crippen LogP contribution in [-0.4, -0.2) is 11.0 Å². The number of alkyl halides is 1. The third-order valence-electron chi connectivity index (χ3n) is 8.39. The van der Waals surface area contributed by atoms with Crippen molar-refractivity contribution in [3.8, 4) is 0 Å². The molecule has 1 unspecified atom stereocenters. The molecule has 3 fully saturated rings. The molecule has 0 spiro atoms. The standard InChI is InChI=1S/C27H43FO/c1-19(2)8-6-9-21(4)24-13-14-25-22(10-7-16-26(24,25)5)11-12-23-18-27(28,29)17-15-20(23)3/h11-12,19,21,24-25,29H,3,6-10,13-18H2,1-2,4-5H3/t21-,24-,25?,26-,27+/m1/s1. The van der Waals surface area contributed by atoms with Crippen molar-refractivity contribution < 1.29 is 9.50 Å². The van der Waals surface area contributed by atoms with E-state index in [1.165, 1.54) is 51.4 Å². The summed E-state index contributed by atoms with van der Waals surface area (Å²) in [5.41, 5.74) is 3.87. The molecule has 0 aromatic rings. The highest BCUT2D eigenvalue weighted by Gasteiger charge is 2.50. The first-order valence-electron chi connectivity index (χ1n) is 12.1. The van der Waals surface area contributed by atoms with Gasteiger partial charge in [0.15, 0.2) is 0 Å². The highest BCUT2D eigenvalue weighted by atomic mass is 19.2. The predicted molar refractivity (Wildman–Crippen MR) is 121 cm³/mol. The second-order valence-corrected chi connectivity index (χ2v) is 11.0. The van der Waals surface area contributed by atoms with E-state index >= 15 is 0 Å². The van der Waals surface area contributed by atoms with E-state index < -0.39 is 5.85 Å². The zero-order valence-electron chi connectivity index (χ0n) is 19.3. The lowest BCUT2D eigenvalue weighted by molar-refractivity contribution is -0.0970. The van der Waals surface area contributed by atoms with Crippen LogP contribution < -0.4 is 0 Å². The summed E-state index contributed by atoms with van der Waals surface area (Å²) in [6, 6.07) is 0. The van der Waals surface area contributed by atoms with E-state index in [0.717, 1.165) is 28.9 Å². The van der Waals surface area contributed by atoms with Crippen molar-refractivity contribution in [2.75, 3.05) is 0 Å². The van der Waals surface area contributed by atoms with Gasteiger partial charge in [0.05, 0.1) is 0 Å². The molecule has 0 aromatic carbocycles. The van der Waals surface area contributed by atoms with E-state index in [1.807, 2.05) is 0 Å². The molecular weight excluding hydrogens is 359 g/mol. The summed E-state index contributed by atoms with van der Waals surface area (Å²) in [5, 5.41) is 9.82. The van der Waals surface area contributed by atoms with Gasteiger partial charge in [-0.1, -0.05) is 76.8 Å². The largest absolute Gasteiger partial charge is 0.361 e. The molecule has 0 amide bonds. The molecule has 3 aliphatic rings. The van der Waals surface area contributed by atoms with Gasteiger partial charge in [-0.3, -0.25) is 0 Å². The monoisotopic (exact) mass is 402 g/mol. The van der Waals surface area contributed by atoms with Crippen LogP contribution in [0.3, 0.4) is 0 Å². The van der Waals surface area contributed by atoms with Gasteiger partial charge in [-0.25, -0.2) is 4.39 Å². The topological polar surface area (TPSA) is 20.2 Å². The van der Waals surface area contributed by atoms with Gasteiger partial charge in [0, 0.05) is 12.8 Å². The number of hydrogen-bond donors (Lipinski definition) is 1. The van der Waals surface area contributed by atoms with E-state index in [4.69, 9.17) is 0 Å². The molecule has 1 nitrogen and oxygen atoms in total. The molecule has 0 radical (unpaired) electrons. The third-order valence-corrected chi connectivity index (χ3v) is 8.39. The van der Waals surface area contributed by atoms with Crippen LogP contribution in [0.1, 0.15) is 98.3 Å². The van der Waals surface area contributed by atoms with E-state index in [0.29, 0.717) is 17.8 Å². The van der Waals surface area contributed by atoms with Crippen LogP contribution >= 0.6 is 0 Å². The van der Waals surface area contributed by atoms with Gasteiger partial charge in [-0.2, -0.15) is 0 Å². The maximum Gasteiger partial charge on any atom is 0.211 e. The van der Waals surface area contributed by atoms with Crippen LogP contribution in [0.25, 0.3) is 0 Å². The Hall–Kier alpha value is -0.890.